The second-order valence-corrected chi connectivity index (χ2v) is 7.56. The van der Waals surface area contributed by atoms with E-state index in [0.29, 0.717) is 26.2 Å². The van der Waals surface area contributed by atoms with Crippen molar-refractivity contribution in [1.29, 1.82) is 0 Å². The van der Waals surface area contributed by atoms with Crippen molar-refractivity contribution in [3.63, 3.8) is 0 Å². The summed E-state index contributed by atoms with van der Waals surface area (Å²) in [6.07, 6.45) is 0. The molecule has 1 N–H and O–H groups in total. The Morgan fingerprint density at radius 1 is 0.900 bits per heavy atom. The molecule has 1 saturated heterocycles. The van der Waals surface area contributed by atoms with E-state index in [1.807, 2.05) is 56.3 Å². The van der Waals surface area contributed by atoms with E-state index in [2.05, 4.69) is 21.4 Å². The highest BCUT2D eigenvalue weighted by Crippen LogP contribution is 2.17. The summed E-state index contributed by atoms with van der Waals surface area (Å²) in [5, 5.41) is 7.53. The molecule has 2 aromatic carbocycles. The summed E-state index contributed by atoms with van der Waals surface area (Å²) in [6.45, 7) is 6.51. The van der Waals surface area contributed by atoms with Gasteiger partial charge in [-0.05, 0) is 55.3 Å². The quantitative estimate of drug-likeness (QED) is 0.729. The Morgan fingerprint density at radius 3 is 2.23 bits per heavy atom. The molecule has 7 heteroatoms. The molecule has 1 aliphatic heterocycles. The molecule has 7 nitrogen and oxygen atoms in total. The van der Waals surface area contributed by atoms with Crippen LogP contribution in [0.15, 0.2) is 65.5 Å². The average Bonchev–Trinajstić information content (AvgIpc) is 2.74. The molecule has 0 unspecified atom stereocenters. The van der Waals surface area contributed by atoms with Gasteiger partial charge in [-0.2, -0.15) is 4.68 Å². The lowest BCUT2D eigenvalue weighted by Crippen LogP contribution is -2.50. The molecule has 154 valence electrons. The molecule has 30 heavy (non-hydrogen) atoms. The topological polar surface area (TPSA) is 70.5 Å². The van der Waals surface area contributed by atoms with Crippen molar-refractivity contribution in [2.24, 2.45) is 0 Å². The molecule has 2 heterocycles. The van der Waals surface area contributed by atoms with Crippen molar-refractivity contribution in [2.75, 3.05) is 36.4 Å². The van der Waals surface area contributed by atoms with Crippen LogP contribution in [-0.4, -0.2) is 46.9 Å². The van der Waals surface area contributed by atoms with E-state index in [0.717, 1.165) is 28.3 Å². The predicted molar refractivity (Wildman–Crippen MR) is 119 cm³/mol. The second kappa shape index (κ2) is 8.41. The predicted octanol–water partition coefficient (Wildman–Crippen LogP) is 3.20. The monoisotopic (exact) mass is 403 g/mol. The number of nitrogens with one attached hydrogen (secondary N) is 1. The minimum atomic E-state index is -0.170. The molecule has 0 radical (unpaired) electrons. The number of carbonyl (C=O) groups is 1. The molecule has 1 fully saturated rings. The van der Waals surface area contributed by atoms with Crippen LogP contribution < -0.4 is 15.8 Å². The minimum absolute atomic E-state index is 0.0955. The molecular formula is C23H25N5O2. The maximum atomic E-state index is 12.7. The SMILES string of the molecule is Cc1cc(C)cc(NC(=O)N2CCN(c3ccc(=O)n(-c4ccccc4)n3)CC2)c1. The van der Waals surface area contributed by atoms with Crippen molar-refractivity contribution in [3.8, 4) is 5.69 Å². The summed E-state index contributed by atoms with van der Waals surface area (Å²) in [4.78, 5) is 28.8. The number of benzene rings is 2. The summed E-state index contributed by atoms with van der Waals surface area (Å²) in [6, 6.07) is 18.6. The van der Waals surface area contributed by atoms with Crippen LogP contribution >= 0.6 is 0 Å². The van der Waals surface area contributed by atoms with E-state index < -0.39 is 0 Å². The highest BCUT2D eigenvalue weighted by Gasteiger charge is 2.22. The first-order chi connectivity index (χ1) is 14.5. The molecule has 0 atom stereocenters. The molecule has 1 aliphatic rings. The first-order valence-electron chi connectivity index (χ1n) is 10.0. The van der Waals surface area contributed by atoms with Gasteiger partial charge in [-0.15, -0.1) is 5.10 Å². The van der Waals surface area contributed by atoms with Gasteiger partial charge in [-0.25, -0.2) is 4.79 Å². The van der Waals surface area contributed by atoms with Crippen LogP contribution in [0.4, 0.5) is 16.3 Å². The van der Waals surface area contributed by atoms with Gasteiger partial charge in [0.25, 0.3) is 5.56 Å². The Hall–Kier alpha value is -3.61. The number of rotatable bonds is 3. The van der Waals surface area contributed by atoms with Gasteiger partial charge in [0.15, 0.2) is 0 Å². The van der Waals surface area contributed by atoms with Gasteiger partial charge < -0.3 is 15.1 Å². The third-order valence-electron chi connectivity index (χ3n) is 5.15. The number of hydrogen-bond acceptors (Lipinski definition) is 4. The fourth-order valence-electron chi connectivity index (χ4n) is 3.71. The van der Waals surface area contributed by atoms with Gasteiger partial charge >= 0.3 is 6.03 Å². The minimum Gasteiger partial charge on any atom is -0.352 e. The van der Waals surface area contributed by atoms with Crippen LogP contribution in [0.1, 0.15) is 11.1 Å². The number of carbonyl (C=O) groups excluding carboxylic acids is 1. The van der Waals surface area contributed by atoms with E-state index in [1.165, 1.54) is 10.7 Å². The van der Waals surface area contributed by atoms with Crippen molar-refractivity contribution in [2.45, 2.75) is 13.8 Å². The van der Waals surface area contributed by atoms with Crippen molar-refractivity contribution < 1.29 is 4.79 Å². The van der Waals surface area contributed by atoms with Gasteiger partial charge in [0.1, 0.15) is 5.82 Å². The fourth-order valence-corrected chi connectivity index (χ4v) is 3.71. The van der Waals surface area contributed by atoms with E-state index in [4.69, 9.17) is 0 Å². The van der Waals surface area contributed by atoms with Gasteiger partial charge in [0.2, 0.25) is 0 Å². The second-order valence-electron chi connectivity index (χ2n) is 7.56. The molecule has 4 rings (SSSR count). The molecule has 3 aromatic rings. The van der Waals surface area contributed by atoms with Crippen LogP contribution in [0.5, 0.6) is 0 Å². The lowest BCUT2D eigenvalue weighted by Gasteiger charge is -2.35. The summed E-state index contributed by atoms with van der Waals surface area (Å²) in [7, 11) is 0. The molecule has 1 aromatic heterocycles. The van der Waals surface area contributed by atoms with Gasteiger partial charge in [0.05, 0.1) is 5.69 Å². The highest BCUT2D eigenvalue weighted by molar-refractivity contribution is 5.89. The average molecular weight is 403 g/mol. The molecule has 2 amide bonds. The summed E-state index contributed by atoms with van der Waals surface area (Å²) in [5.41, 5.74) is 3.62. The molecule has 0 bridgehead atoms. The number of nitrogens with zero attached hydrogens (tertiary/aromatic N) is 4. The Labute approximate surface area is 175 Å². The summed E-state index contributed by atoms with van der Waals surface area (Å²) >= 11 is 0. The zero-order chi connectivity index (χ0) is 21.1. The summed E-state index contributed by atoms with van der Waals surface area (Å²) < 4.78 is 1.41. The Bertz CT molecular complexity index is 1080. The van der Waals surface area contributed by atoms with Crippen LogP contribution in [0.3, 0.4) is 0 Å². The number of aryl methyl sites for hydroxylation is 2. The third kappa shape index (κ3) is 4.35. The normalized spacial score (nSPS) is 13.9. The fraction of sp³-hybridized carbons (Fsp3) is 0.261. The maximum absolute atomic E-state index is 12.7. The zero-order valence-electron chi connectivity index (χ0n) is 17.2. The van der Waals surface area contributed by atoms with E-state index >= 15 is 0 Å². The van der Waals surface area contributed by atoms with E-state index in [-0.39, 0.29) is 11.6 Å². The van der Waals surface area contributed by atoms with Crippen LogP contribution in [0.2, 0.25) is 0 Å². The number of amides is 2. The summed E-state index contributed by atoms with van der Waals surface area (Å²) in [5.74, 6) is 0.729. The van der Waals surface area contributed by atoms with Gasteiger partial charge in [0, 0.05) is 37.9 Å². The van der Waals surface area contributed by atoms with Crippen molar-refractivity contribution in [1.82, 2.24) is 14.7 Å². The van der Waals surface area contributed by atoms with Crippen LogP contribution in [0, 0.1) is 13.8 Å². The highest BCUT2D eigenvalue weighted by atomic mass is 16.2. The van der Waals surface area contributed by atoms with E-state index in [1.54, 1.807) is 11.0 Å². The van der Waals surface area contributed by atoms with Crippen molar-refractivity contribution in [3.05, 3.63) is 82.1 Å². The number of aromatic nitrogens is 2. The maximum Gasteiger partial charge on any atom is 0.321 e. The molecule has 0 spiro atoms. The van der Waals surface area contributed by atoms with Crippen molar-refractivity contribution >= 4 is 17.5 Å². The van der Waals surface area contributed by atoms with Gasteiger partial charge in [-0.3, -0.25) is 4.79 Å². The number of para-hydroxylation sites is 1. The molecular weight excluding hydrogens is 378 g/mol. The molecule has 0 aliphatic carbocycles. The number of piperazine rings is 1. The number of hydrogen-bond donors (Lipinski definition) is 1. The standard InChI is InChI=1S/C23H25N5O2/c1-17-14-18(2)16-19(15-17)24-23(30)27-12-10-26(11-13-27)21-8-9-22(29)28(25-21)20-6-4-3-5-7-20/h3-9,14-16H,10-13H2,1-2H3,(H,24,30). The smallest absolute Gasteiger partial charge is 0.321 e. The lowest BCUT2D eigenvalue weighted by atomic mass is 10.1. The zero-order valence-corrected chi connectivity index (χ0v) is 17.2. The van der Waals surface area contributed by atoms with Gasteiger partial charge in [-0.1, -0.05) is 24.3 Å². The Kier molecular flexibility index (Phi) is 5.52. The molecule has 0 saturated carbocycles. The Morgan fingerprint density at radius 2 is 1.57 bits per heavy atom. The van der Waals surface area contributed by atoms with Crippen LogP contribution in [0.25, 0.3) is 5.69 Å². The first-order valence-corrected chi connectivity index (χ1v) is 10.0. The van der Waals surface area contributed by atoms with E-state index in [9.17, 15) is 9.59 Å². The number of urea groups is 1. The largest absolute Gasteiger partial charge is 0.352 e. The Balaban J connectivity index is 1.42. The first kappa shape index (κ1) is 19.7. The number of anilines is 2. The van der Waals surface area contributed by atoms with Crippen LogP contribution in [-0.2, 0) is 0 Å². The third-order valence-corrected chi connectivity index (χ3v) is 5.15. The lowest BCUT2D eigenvalue weighted by molar-refractivity contribution is 0.208.